The van der Waals surface area contributed by atoms with Gasteiger partial charge in [0, 0.05) is 45.9 Å². The number of hydrogen-bond acceptors (Lipinski definition) is 4. The number of anilines is 4. The Morgan fingerprint density at radius 1 is 0.480 bits per heavy atom. The van der Waals surface area contributed by atoms with Crippen LogP contribution in [0.5, 0.6) is 11.5 Å². The number of benzene rings is 8. The molecule has 11 rings (SSSR count). The molecule has 0 atom stereocenters. The van der Waals surface area contributed by atoms with E-state index < -0.39 is 5.41 Å². The largest absolute Gasteiger partial charge is 0.457 e. The van der Waals surface area contributed by atoms with Gasteiger partial charge in [-0.2, -0.15) is 0 Å². The summed E-state index contributed by atoms with van der Waals surface area (Å²) in [5, 5.41) is 1.06. The average Bonchev–Trinajstić information content (AvgIpc) is 4.24. The predicted molar refractivity (Wildman–Crippen MR) is 318 cm³/mol. The maximum Gasteiger partial charge on any atom is 0.137 e. The summed E-state index contributed by atoms with van der Waals surface area (Å²) in [4.78, 5) is 9.45. The van der Waals surface area contributed by atoms with E-state index in [0.717, 1.165) is 61.7 Å². The molecule has 0 saturated carbocycles. The molecule has 376 valence electrons. The quantitative estimate of drug-likeness (QED) is 0.152. The van der Waals surface area contributed by atoms with Crippen molar-refractivity contribution in [3.63, 3.8) is 0 Å². The number of aromatic nitrogens is 2. The van der Waals surface area contributed by atoms with Gasteiger partial charge in [0.25, 0.3) is 0 Å². The third-order valence-corrected chi connectivity index (χ3v) is 14.5. The second kappa shape index (κ2) is 18.5. The van der Waals surface area contributed by atoms with Crippen LogP contribution in [0.25, 0.3) is 61.0 Å². The zero-order chi connectivity index (χ0) is 57.8. The van der Waals surface area contributed by atoms with Gasteiger partial charge in [0.2, 0.25) is 0 Å². The minimum Gasteiger partial charge on any atom is -0.457 e. The molecule has 0 aliphatic carbocycles. The summed E-state index contributed by atoms with van der Waals surface area (Å²) >= 11 is 0. The Bertz CT molecular complexity index is 4020. The number of fused-ring (bicyclic) bond motifs is 4. The Morgan fingerprint density at radius 3 is 1.67 bits per heavy atom. The summed E-state index contributed by atoms with van der Waals surface area (Å²) in [7, 11) is 0. The van der Waals surface area contributed by atoms with Gasteiger partial charge >= 0.3 is 0 Å². The van der Waals surface area contributed by atoms with Crippen molar-refractivity contribution in [1.29, 1.82) is 0 Å². The van der Waals surface area contributed by atoms with E-state index in [1.54, 1.807) is 6.20 Å². The SMILES string of the molecule is [2H]c1c(-c2ccccc2)c(N2CN(c3cc(Oc4ccc5c6c([2H])c([2H])c([2H])c([2H])c6n(-c6cc(C(C)(C)C)ccn6)c5c4)cc(-c4c(C(C)(C)C)cccc4C(C)(C)C)c3)c3ccccc32)c(-c2ccccc2)c([2H])c1C(C)(C)C. The molecular weight excluding hydrogens is 913 g/mol. The first-order valence-corrected chi connectivity index (χ1v) is 26.1. The zero-order valence-electron chi connectivity index (χ0n) is 51.4. The number of nitrogens with zero attached hydrogens (tertiary/aromatic N) is 4. The Kier molecular flexibility index (Phi) is 10.5. The Hall–Kier alpha value is -7.89. The summed E-state index contributed by atoms with van der Waals surface area (Å²) in [6, 6.07) is 51.4. The molecule has 0 spiro atoms. The molecule has 0 unspecified atom stereocenters. The van der Waals surface area contributed by atoms with E-state index in [-0.39, 0.29) is 40.4 Å². The predicted octanol–water partition coefficient (Wildman–Crippen LogP) is 19.4. The molecule has 3 heterocycles. The van der Waals surface area contributed by atoms with Crippen molar-refractivity contribution >= 4 is 44.6 Å². The molecule has 8 aromatic carbocycles. The van der Waals surface area contributed by atoms with Crippen LogP contribution in [0.4, 0.5) is 22.7 Å². The van der Waals surface area contributed by atoms with E-state index in [0.29, 0.717) is 63.4 Å². The van der Waals surface area contributed by atoms with Crippen LogP contribution in [0, 0.1) is 0 Å². The topological polar surface area (TPSA) is 33.5 Å². The Morgan fingerprint density at radius 2 is 1.07 bits per heavy atom. The maximum absolute atomic E-state index is 10.1. The van der Waals surface area contributed by atoms with Gasteiger partial charge in [-0.3, -0.25) is 4.57 Å². The number of hydrogen-bond donors (Lipinski definition) is 0. The van der Waals surface area contributed by atoms with Crippen LogP contribution in [0.15, 0.2) is 194 Å². The molecule has 10 aromatic rings. The fraction of sp³-hybridized carbons (Fsp3) is 0.243. The van der Waals surface area contributed by atoms with Crippen molar-refractivity contribution in [2.75, 3.05) is 16.5 Å². The lowest BCUT2D eigenvalue weighted by molar-refractivity contribution is 0.483. The first-order chi connectivity index (χ1) is 38.2. The van der Waals surface area contributed by atoms with Crippen LogP contribution in [0.3, 0.4) is 0 Å². The van der Waals surface area contributed by atoms with Crippen molar-refractivity contribution in [3.05, 3.63) is 216 Å². The molecule has 1 aliphatic heterocycles. The van der Waals surface area contributed by atoms with Crippen LogP contribution in [0.2, 0.25) is 0 Å². The molecule has 1 aliphatic rings. The van der Waals surface area contributed by atoms with Crippen LogP contribution in [-0.2, 0) is 21.7 Å². The van der Waals surface area contributed by atoms with Crippen molar-refractivity contribution in [2.24, 2.45) is 0 Å². The van der Waals surface area contributed by atoms with E-state index in [1.165, 1.54) is 11.1 Å². The molecule has 2 aromatic heterocycles. The molecular formula is C70H70N4O. The molecule has 0 fully saturated rings. The van der Waals surface area contributed by atoms with Gasteiger partial charge in [-0.1, -0.05) is 192 Å². The average molecular weight is 989 g/mol. The summed E-state index contributed by atoms with van der Waals surface area (Å²) < 4.78 is 65.4. The van der Waals surface area contributed by atoms with Crippen LogP contribution >= 0.6 is 0 Å². The number of rotatable bonds is 8. The minimum atomic E-state index is -0.512. The smallest absolute Gasteiger partial charge is 0.137 e. The van der Waals surface area contributed by atoms with E-state index in [1.807, 2.05) is 71.3 Å². The highest BCUT2D eigenvalue weighted by Crippen LogP contribution is 2.53. The molecule has 5 heteroatoms. The van der Waals surface area contributed by atoms with Crippen LogP contribution in [0.1, 0.15) is 114 Å². The molecule has 0 saturated heterocycles. The van der Waals surface area contributed by atoms with E-state index in [2.05, 4.69) is 178 Å². The fourth-order valence-corrected chi connectivity index (χ4v) is 10.6. The fourth-order valence-electron chi connectivity index (χ4n) is 10.6. The Labute approximate surface area is 453 Å². The lowest BCUT2D eigenvalue weighted by atomic mass is 9.74. The molecule has 5 nitrogen and oxygen atoms in total. The lowest BCUT2D eigenvalue weighted by Crippen LogP contribution is -2.25. The van der Waals surface area contributed by atoms with E-state index in [4.69, 9.17) is 12.5 Å². The highest BCUT2D eigenvalue weighted by atomic mass is 16.5. The summed E-state index contributed by atoms with van der Waals surface area (Å²) in [5.41, 5.74) is 12.8. The van der Waals surface area contributed by atoms with Crippen molar-refractivity contribution in [1.82, 2.24) is 9.55 Å². The first-order valence-electron chi connectivity index (χ1n) is 29.1. The molecule has 0 amide bonds. The van der Waals surface area contributed by atoms with Gasteiger partial charge in [-0.05, 0) is 133 Å². The minimum absolute atomic E-state index is 0.116. The van der Waals surface area contributed by atoms with Gasteiger partial charge in [-0.25, -0.2) is 4.98 Å². The highest BCUT2D eigenvalue weighted by Gasteiger charge is 2.34. The highest BCUT2D eigenvalue weighted by molar-refractivity contribution is 6.09. The van der Waals surface area contributed by atoms with Crippen molar-refractivity contribution in [2.45, 2.75) is 105 Å². The van der Waals surface area contributed by atoms with Crippen LogP contribution < -0.4 is 14.5 Å². The van der Waals surface area contributed by atoms with Gasteiger partial charge < -0.3 is 14.5 Å². The number of para-hydroxylation sites is 3. The van der Waals surface area contributed by atoms with E-state index in [9.17, 15) is 5.48 Å². The third kappa shape index (κ3) is 9.28. The normalized spacial score (nSPS) is 14.3. The maximum atomic E-state index is 10.1. The second-order valence-electron chi connectivity index (χ2n) is 24.1. The standard InChI is InChI=1S/C70H70N4O/c1-67(2,3)49-36-37-71-64(42-49)74-60-31-20-19-28-54(60)55-35-34-52(44-63(55)74)75-53-39-48(65-58(69(7,8)9)29-23-30-59(65)70(10,11)12)38-51(43-53)72-45-73(62-33-22-21-32-61(62)72)66-56(46-24-15-13-16-25-46)40-50(68(4,5)6)41-57(66)47-26-17-14-18-27-47/h13-44H,45H2,1-12H3/i19D,20D,28D,31D,40D,41D. The van der Waals surface area contributed by atoms with Gasteiger partial charge in [0.15, 0.2) is 0 Å². The van der Waals surface area contributed by atoms with E-state index >= 15 is 0 Å². The third-order valence-electron chi connectivity index (χ3n) is 14.5. The summed E-state index contributed by atoms with van der Waals surface area (Å²) in [6.45, 7) is 26.6. The summed E-state index contributed by atoms with van der Waals surface area (Å²) in [5.74, 6) is 1.62. The molecule has 75 heavy (non-hydrogen) atoms. The molecule has 0 N–H and O–H groups in total. The number of pyridine rings is 1. The zero-order valence-corrected chi connectivity index (χ0v) is 45.4. The monoisotopic (exact) mass is 989 g/mol. The Balaban J connectivity index is 1.16. The van der Waals surface area contributed by atoms with Crippen molar-refractivity contribution < 1.29 is 13.0 Å². The van der Waals surface area contributed by atoms with Gasteiger partial charge in [0.1, 0.15) is 24.0 Å². The van der Waals surface area contributed by atoms with Gasteiger partial charge in [0.05, 0.1) is 36.3 Å². The van der Waals surface area contributed by atoms with Crippen LogP contribution in [-0.4, -0.2) is 16.2 Å². The molecule has 0 bridgehead atoms. The summed E-state index contributed by atoms with van der Waals surface area (Å²) in [6.07, 6.45) is 1.76. The first kappa shape index (κ1) is 42.5. The second-order valence-corrected chi connectivity index (χ2v) is 24.1. The van der Waals surface area contributed by atoms with Crippen molar-refractivity contribution in [3.8, 4) is 50.7 Å². The lowest BCUT2D eigenvalue weighted by Gasteiger charge is -2.31. The van der Waals surface area contributed by atoms with Gasteiger partial charge in [-0.15, -0.1) is 0 Å². The molecule has 0 radical (unpaired) electrons. The number of ether oxygens (including phenoxy) is 1.